The summed E-state index contributed by atoms with van der Waals surface area (Å²) >= 11 is 0. The van der Waals surface area contributed by atoms with Gasteiger partial charge < -0.3 is 9.84 Å². The molecule has 0 aliphatic carbocycles. The van der Waals surface area contributed by atoms with E-state index in [1.165, 1.54) is 13.0 Å². The van der Waals surface area contributed by atoms with E-state index < -0.39 is 27.5 Å². The minimum Gasteiger partial charge on any atom is -0.386 e. The van der Waals surface area contributed by atoms with Gasteiger partial charge in [0.25, 0.3) is 0 Å². The molecule has 0 spiro atoms. The summed E-state index contributed by atoms with van der Waals surface area (Å²) in [6.45, 7) is 3.49. The summed E-state index contributed by atoms with van der Waals surface area (Å²) in [5, 5.41) is 10.3. The predicted molar refractivity (Wildman–Crippen MR) is 71.3 cm³/mol. The molecule has 1 heterocycles. The Morgan fingerprint density at radius 2 is 2.25 bits per heavy atom. The molecule has 112 valence electrons. The molecule has 2 N–H and O–H groups in total. The maximum absolute atomic E-state index is 13.0. The van der Waals surface area contributed by atoms with Gasteiger partial charge in [0, 0.05) is 19.6 Å². The molecule has 5 nitrogen and oxygen atoms in total. The molecule has 7 heteroatoms. The molecule has 0 radical (unpaired) electrons. The highest BCUT2D eigenvalue weighted by Gasteiger charge is 2.40. The standard InChI is InChI=1S/C13H18FNO4S/c1-9-7-11(14)3-4-12(9)20(17,18)15-8-13(16)5-6-19-10(13)2/h3-4,7,10,15-16H,5-6,8H2,1-2H3. The molecule has 1 aromatic rings. The second kappa shape index (κ2) is 5.40. The fraction of sp³-hybridized carbons (Fsp3) is 0.538. The maximum atomic E-state index is 13.0. The minimum absolute atomic E-state index is 0.00840. The monoisotopic (exact) mass is 303 g/mol. The summed E-state index contributed by atoms with van der Waals surface area (Å²) in [5.74, 6) is -0.488. The van der Waals surface area contributed by atoms with E-state index >= 15 is 0 Å². The van der Waals surface area contributed by atoms with Crippen LogP contribution in [0.5, 0.6) is 0 Å². The van der Waals surface area contributed by atoms with Gasteiger partial charge in [0.15, 0.2) is 0 Å². The summed E-state index contributed by atoms with van der Waals surface area (Å²) in [7, 11) is -3.79. The van der Waals surface area contributed by atoms with Gasteiger partial charge in [0.05, 0.1) is 11.0 Å². The van der Waals surface area contributed by atoms with E-state index in [1.54, 1.807) is 6.92 Å². The van der Waals surface area contributed by atoms with E-state index in [0.29, 0.717) is 18.6 Å². The maximum Gasteiger partial charge on any atom is 0.240 e. The number of benzene rings is 1. The Bertz CT molecular complexity index is 604. The van der Waals surface area contributed by atoms with Crippen LogP contribution < -0.4 is 4.72 Å². The molecule has 0 amide bonds. The average molecular weight is 303 g/mol. The van der Waals surface area contributed by atoms with Crippen molar-refractivity contribution in [3.8, 4) is 0 Å². The highest BCUT2D eigenvalue weighted by Crippen LogP contribution is 2.25. The molecule has 0 bridgehead atoms. The van der Waals surface area contributed by atoms with Crippen molar-refractivity contribution in [3.05, 3.63) is 29.6 Å². The van der Waals surface area contributed by atoms with Crippen LogP contribution in [0.4, 0.5) is 4.39 Å². The Hall–Kier alpha value is -1.02. The second-order valence-electron chi connectivity index (χ2n) is 5.10. The van der Waals surface area contributed by atoms with Gasteiger partial charge in [-0.25, -0.2) is 17.5 Å². The van der Waals surface area contributed by atoms with Crippen molar-refractivity contribution in [2.75, 3.05) is 13.2 Å². The van der Waals surface area contributed by atoms with Crippen LogP contribution >= 0.6 is 0 Å². The lowest BCUT2D eigenvalue weighted by Crippen LogP contribution is -2.47. The first-order chi connectivity index (χ1) is 9.24. The number of aryl methyl sites for hydroxylation is 1. The average Bonchev–Trinajstić information content (AvgIpc) is 2.68. The lowest BCUT2D eigenvalue weighted by molar-refractivity contribution is -0.0228. The quantitative estimate of drug-likeness (QED) is 0.868. The Labute approximate surface area is 117 Å². The van der Waals surface area contributed by atoms with Crippen LogP contribution in [0.3, 0.4) is 0 Å². The van der Waals surface area contributed by atoms with Crippen LogP contribution in [0.1, 0.15) is 18.9 Å². The summed E-state index contributed by atoms with van der Waals surface area (Å²) in [6, 6.07) is 3.47. The molecule has 0 aromatic heterocycles. The van der Waals surface area contributed by atoms with Crippen molar-refractivity contribution in [3.63, 3.8) is 0 Å². The summed E-state index contributed by atoms with van der Waals surface area (Å²) in [5.41, 5.74) is -0.888. The van der Waals surface area contributed by atoms with Crippen LogP contribution in [-0.4, -0.2) is 38.4 Å². The van der Waals surface area contributed by atoms with E-state index in [2.05, 4.69) is 4.72 Å². The normalized spacial score (nSPS) is 26.9. The third-order valence-corrected chi connectivity index (χ3v) is 5.22. The van der Waals surface area contributed by atoms with Crippen LogP contribution in [0.15, 0.2) is 23.1 Å². The molecule has 1 aromatic carbocycles. The predicted octanol–water partition coefficient (Wildman–Crippen LogP) is 0.952. The van der Waals surface area contributed by atoms with Crippen molar-refractivity contribution >= 4 is 10.0 Å². The van der Waals surface area contributed by atoms with Gasteiger partial charge in [-0.15, -0.1) is 0 Å². The zero-order valence-corrected chi connectivity index (χ0v) is 12.2. The van der Waals surface area contributed by atoms with Crippen molar-refractivity contribution in [1.82, 2.24) is 4.72 Å². The molecule has 1 saturated heterocycles. The summed E-state index contributed by atoms with van der Waals surface area (Å²) < 4.78 is 45.0. The summed E-state index contributed by atoms with van der Waals surface area (Å²) in [4.78, 5) is 0.00840. The lowest BCUT2D eigenvalue weighted by Gasteiger charge is -2.26. The van der Waals surface area contributed by atoms with E-state index in [9.17, 15) is 17.9 Å². The molecular weight excluding hydrogens is 285 g/mol. The molecule has 1 fully saturated rings. The number of aliphatic hydroxyl groups is 1. The fourth-order valence-electron chi connectivity index (χ4n) is 2.22. The highest BCUT2D eigenvalue weighted by molar-refractivity contribution is 7.89. The third kappa shape index (κ3) is 3.01. The van der Waals surface area contributed by atoms with Crippen molar-refractivity contribution in [2.45, 2.75) is 36.9 Å². The first-order valence-electron chi connectivity index (χ1n) is 6.34. The smallest absolute Gasteiger partial charge is 0.240 e. The first kappa shape index (κ1) is 15.4. The number of hydrogen-bond donors (Lipinski definition) is 2. The van der Waals surface area contributed by atoms with Gasteiger partial charge in [-0.2, -0.15) is 0 Å². The first-order valence-corrected chi connectivity index (χ1v) is 7.83. The fourth-order valence-corrected chi connectivity index (χ4v) is 3.54. The van der Waals surface area contributed by atoms with Crippen molar-refractivity contribution < 1.29 is 22.7 Å². The number of hydrogen-bond acceptors (Lipinski definition) is 4. The SMILES string of the molecule is Cc1cc(F)ccc1S(=O)(=O)NCC1(O)CCOC1C. The topological polar surface area (TPSA) is 75.6 Å². The van der Waals surface area contributed by atoms with Gasteiger partial charge in [-0.3, -0.25) is 0 Å². The molecule has 1 aliphatic rings. The van der Waals surface area contributed by atoms with Crippen molar-refractivity contribution in [2.24, 2.45) is 0 Å². The van der Waals surface area contributed by atoms with E-state index in [0.717, 1.165) is 12.1 Å². The molecule has 2 atom stereocenters. The van der Waals surface area contributed by atoms with E-state index in [-0.39, 0.29) is 11.4 Å². The number of nitrogens with one attached hydrogen (secondary N) is 1. The van der Waals surface area contributed by atoms with Crippen LogP contribution in [-0.2, 0) is 14.8 Å². The van der Waals surface area contributed by atoms with Gasteiger partial charge in [-0.1, -0.05) is 0 Å². The number of sulfonamides is 1. The van der Waals surface area contributed by atoms with Crippen LogP contribution in [0, 0.1) is 12.7 Å². The number of ether oxygens (including phenoxy) is 1. The van der Waals surface area contributed by atoms with Gasteiger partial charge in [0.1, 0.15) is 11.4 Å². The Kier molecular flexibility index (Phi) is 4.15. The van der Waals surface area contributed by atoms with Crippen LogP contribution in [0.2, 0.25) is 0 Å². The lowest BCUT2D eigenvalue weighted by atomic mass is 9.97. The Morgan fingerprint density at radius 3 is 2.80 bits per heavy atom. The van der Waals surface area contributed by atoms with Gasteiger partial charge >= 0.3 is 0 Å². The van der Waals surface area contributed by atoms with E-state index in [4.69, 9.17) is 4.74 Å². The van der Waals surface area contributed by atoms with E-state index in [1.807, 2.05) is 0 Å². The molecular formula is C13H18FNO4S. The largest absolute Gasteiger partial charge is 0.386 e. The van der Waals surface area contributed by atoms with Gasteiger partial charge in [0.2, 0.25) is 10.0 Å². The molecule has 0 saturated carbocycles. The third-order valence-electron chi connectivity index (χ3n) is 3.65. The molecule has 1 aliphatic heterocycles. The summed E-state index contributed by atoms with van der Waals surface area (Å²) in [6.07, 6.45) is -0.0569. The molecule has 2 unspecified atom stereocenters. The zero-order valence-electron chi connectivity index (χ0n) is 11.4. The molecule has 2 rings (SSSR count). The molecule has 20 heavy (non-hydrogen) atoms. The van der Waals surface area contributed by atoms with Gasteiger partial charge in [-0.05, 0) is 37.6 Å². The Morgan fingerprint density at radius 1 is 1.55 bits per heavy atom. The number of halogens is 1. The highest BCUT2D eigenvalue weighted by atomic mass is 32.2. The zero-order chi connectivity index (χ0) is 15.0. The number of rotatable bonds is 4. The van der Waals surface area contributed by atoms with Crippen LogP contribution in [0.25, 0.3) is 0 Å². The second-order valence-corrected chi connectivity index (χ2v) is 6.84. The Balaban J connectivity index is 2.15. The minimum atomic E-state index is -3.79. The van der Waals surface area contributed by atoms with Crippen molar-refractivity contribution in [1.29, 1.82) is 0 Å².